The summed E-state index contributed by atoms with van der Waals surface area (Å²) in [6.45, 7) is 6.25. The fourth-order valence-electron chi connectivity index (χ4n) is 2.99. The Balaban J connectivity index is 1.96. The molecule has 0 radical (unpaired) electrons. The minimum Gasteiger partial charge on any atom is -0.352 e. The molecule has 102 valence electrons. The van der Waals surface area contributed by atoms with Crippen molar-refractivity contribution in [1.29, 1.82) is 0 Å². The molecule has 0 bridgehead atoms. The molecular weight excluding hydrogens is 230 g/mol. The zero-order chi connectivity index (χ0) is 13.2. The molecule has 1 aliphatic heterocycles. The maximum Gasteiger partial charge on any atom is 0.246 e. The average Bonchev–Trinajstić information content (AvgIpc) is 3.06. The lowest BCUT2D eigenvalue weighted by atomic mass is 10.1. The molecule has 2 rings (SSSR count). The molecular formula is C14H23NO3. The number of hydrogen-bond donors (Lipinski definition) is 0. The van der Waals surface area contributed by atoms with Crippen LogP contribution in [0.4, 0.5) is 0 Å². The molecule has 4 heteroatoms. The molecule has 0 aromatic carbocycles. The number of carbonyl (C=O) groups is 1. The van der Waals surface area contributed by atoms with Crippen molar-refractivity contribution in [2.45, 2.75) is 32.5 Å². The molecule has 0 spiro atoms. The first-order chi connectivity index (χ1) is 8.69. The Morgan fingerprint density at radius 3 is 2.78 bits per heavy atom. The van der Waals surface area contributed by atoms with Crippen LogP contribution < -0.4 is 0 Å². The van der Waals surface area contributed by atoms with Crippen molar-refractivity contribution in [3.05, 3.63) is 12.2 Å². The largest absolute Gasteiger partial charge is 0.352 e. The third-order valence-corrected chi connectivity index (χ3v) is 4.13. The van der Waals surface area contributed by atoms with Gasteiger partial charge in [0.25, 0.3) is 0 Å². The smallest absolute Gasteiger partial charge is 0.246 e. The number of ether oxygens (including phenoxy) is 2. The highest BCUT2D eigenvalue weighted by atomic mass is 16.7. The molecule has 1 saturated heterocycles. The van der Waals surface area contributed by atoms with Gasteiger partial charge < -0.3 is 14.4 Å². The first kappa shape index (κ1) is 13.6. The highest BCUT2D eigenvalue weighted by molar-refractivity contribution is 5.87. The Bertz CT molecular complexity index is 338. The summed E-state index contributed by atoms with van der Waals surface area (Å²) in [5.41, 5.74) is 0. The van der Waals surface area contributed by atoms with Crippen LogP contribution in [0.5, 0.6) is 0 Å². The van der Waals surface area contributed by atoms with Crippen LogP contribution in [-0.2, 0) is 14.3 Å². The van der Waals surface area contributed by atoms with E-state index in [9.17, 15) is 4.79 Å². The predicted molar refractivity (Wildman–Crippen MR) is 69.0 cm³/mol. The maximum atomic E-state index is 11.9. The average molecular weight is 253 g/mol. The van der Waals surface area contributed by atoms with Gasteiger partial charge in [0.05, 0.1) is 6.61 Å². The van der Waals surface area contributed by atoms with E-state index in [0.29, 0.717) is 5.92 Å². The normalized spacial score (nSPS) is 34.4. The van der Waals surface area contributed by atoms with E-state index in [0.717, 1.165) is 32.5 Å². The fourth-order valence-corrected chi connectivity index (χ4v) is 2.99. The zero-order valence-corrected chi connectivity index (χ0v) is 11.5. The minimum absolute atomic E-state index is 0.0786. The van der Waals surface area contributed by atoms with Gasteiger partial charge in [-0.25, -0.2) is 0 Å². The Labute approximate surface area is 109 Å². The van der Waals surface area contributed by atoms with E-state index >= 15 is 0 Å². The van der Waals surface area contributed by atoms with Crippen molar-refractivity contribution in [2.24, 2.45) is 11.8 Å². The third kappa shape index (κ3) is 2.19. The molecule has 1 heterocycles. The van der Waals surface area contributed by atoms with E-state index < -0.39 is 5.79 Å². The number of methoxy groups -OCH3 is 1. The second-order valence-electron chi connectivity index (χ2n) is 4.92. The van der Waals surface area contributed by atoms with Crippen LogP contribution in [0.25, 0.3) is 0 Å². The number of hydrogen-bond acceptors (Lipinski definition) is 3. The van der Waals surface area contributed by atoms with E-state index in [2.05, 4.69) is 0 Å². The van der Waals surface area contributed by atoms with E-state index in [4.69, 9.17) is 9.47 Å². The molecule has 1 amide bonds. The number of nitrogens with zero attached hydrogens (tertiary/aromatic N) is 1. The molecule has 0 N–H and O–H groups in total. The Morgan fingerprint density at radius 2 is 2.22 bits per heavy atom. The lowest BCUT2D eigenvalue weighted by Crippen LogP contribution is -2.29. The second kappa shape index (κ2) is 5.41. The van der Waals surface area contributed by atoms with Crippen LogP contribution in [0.3, 0.4) is 0 Å². The summed E-state index contributed by atoms with van der Waals surface area (Å²) >= 11 is 0. The second-order valence-corrected chi connectivity index (χ2v) is 4.92. The van der Waals surface area contributed by atoms with Crippen molar-refractivity contribution >= 4 is 5.91 Å². The lowest BCUT2D eigenvalue weighted by molar-refractivity contribution is -0.178. The summed E-state index contributed by atoms with van der Waals surface area (Å²) < 4.78 is 11.3. The van der Waals surface area contributed by atoms with Crippen LogP contribution >= 0.6 is 0 Å². The van der Waals surface area contributed by atoms with Crippen molar-refractivity contribution in [3.63, 3.8) is 0 Å². The SMILES string of the molecule is CCN(CC)C(=O)/C=C/[C@H]1[C@@H]2CCCO[C@]12OC. The molecule has 3 atom stereocenters. The van der Waals surface area contributed by atoms with E-state index in [1.807, 2.05) is 24.8 Å². The molecule has 0 aromatic heterocycles. The van der Waals surface area contributed by atoms with Gasteiger partial charge in [-0.3, -0.25) is 4.79 Å². The summed E-state index contributed by atoms with van der Waals surface area (Å²) in [5.74, 6) is 0.314. The topological polar surface area (TPSA) is 38.8 Å². The highest BCUT2D eigenvalue weighted by Gasteiger charge is 2.66. The van der Waals surface area contributed by atoms with E-state index in [1.54, 1.807) is 13.2 Å². The van der Waals surface area contributed by atoms with Gasteiger partial charge in [0.1, 0.15) is 0 Å². The van der Waals surface area contributed by atoms with Crippen LogP contribution in [0, 0.1) is 11.8 Å². The van der Waals surface area contributed by atoms with Crippen molar-refractivity contribution < 1.29 is 14.3 Å². The van der Waals surface area contributed by atoms with Crippen molar-refractivity contribution in [3.8, 4) is 0 Å². The summed E-state index contributed by atoms with van der Waals surface area (Å²) in [6.07, 6.45) is 5.87. The number of fused-ring (bicyclic) bond motifs is 1. The molecule has 4 nitrogen and oxygen atoms in total. The fraction of sp³-hybridized carbons (Fsp3) is 0.786. The summed E-state index contributed by atoms with van der Waals surface area (Å²) in [6, 6.07) is 0. The van der Waals surface area contributed by atoms with Gasteiger partial charge in [-0.05, 0) is 32.8 Å². The molecule has 1 saturated carbocycles. The first-order valence-electron chi connectivity index (χ1n) is 6.85. The summed E-state index contributed by atoms with van der Waals surface area (Å²) in [4.78, 5) is 13.7. The third-order valence-electron chi connectivity index (χ3n) is 4.13. The van der Waals surface area contributed by atoms with Gasteiger partial charge in [0.2, 0.25) is 5.91 Å². The van der Waals surface area contributed by atoms with Gasteiger partial charge in [-0.1, -0.05) is 6.08 Å². The van der Waals surface area contributed by atoms with Crippen LogP contribution in [0.15, 0.2) is 12.2 Å². The van der Waals surface area contributed by atoms with Crippen molar-refractivity contribution in [2.75, 3.05) is 26.8 Å². The summed E-state index contributed by atoms with van der Waals surface area (Å²) in [5, 5.41) is 0. The monoisotopic (exact) mass is 253 g/mol. The van der Waals surface area contributed by atoms with E-state index in [-0.39, 0.29) is 11.8 Å². The zero-order valence-electron chi connectivity index (χ0n) is 11.5. The maximum absolute atomic E-state index is 11.9. The first-order valence-corrected chi connectivity index (χ1v) is 6.85. The molecule has 2 aliphatic rings. The predicted octanol–water partition coefficient (Wildman–Crippen LogP) is 1.81. The van der Waals surface area contributed by atoms with Gasteiger partial charge in [0, 0.05) is 32.0 Å². The number of carbonyl (C=O) groups excluding carboxylic acids is 1. The Kier molecular flexibility index (Phi) is 4.07. The van der Waals surface area contributed by atoms with Gasteiger partial charge in [-0.15, -0.1) is 0 Å². The van der Waals surface area contributed by atoms with Gasteiger partial charge >= 0.3 is 0 Å². The molecule has 0 aromatic rings. The Hall–Kier alpha value is -0.870. The van der Waals surface area contributed by atoms with Gasteiger partial charge in [-0.2, -0.15) is 0 Å². The summed E-state index contributed by atoms with van der Waals surface area (Å²) in [7, 11) is 1.69. The van der Waals surface area contributed by atoms with E-state index in [1.165, 1.54) is 0 Å². The molecule has 2 fully saturated rings. The van der Waals surface area contributed by atoms with Crippen molar-refractivity contribution in [1.82, 2.24) is 4.90 Å². The van der Waals surface area contributed by atoms with Gasteiger partial charge in [0.15, 0.2) is 5.79 Å². The number of likely N-dealkylation sites (N-methyl/N-ethyl adjacent to an activating group) is 1. The standard InChI is InChI=1S/C14H23NO3/c1-4-15(5-2)13(16)9-8-12-11-7-6-10-18-14(11,12)17-3/h8-9,11-12H,4-7,10H2,1-3H3/b9-8+/t11-,12-,14-/m0/s1. The van der Waals surface area contributed by atoms with Crippen LogP contribution in [-0.4, -0.2) is 43.4 Å². The molecule has 0 unspecified atom stereocenters. The number of rotatable bonds is 5. The minimum atomic E-state index is -0.432. The number of amides is 1. The lowest BCUT2D eigenvalue weighted by Gasteiger charge is -2.21. The van der Waals surface area contributed by atoms with Crippen LogP contribution in [0.2, 0.25) is 0 Å². The Morgan fingerprint density at radius 1 is 1.50 bits per heavy atom. The quantitative estimate of drug-likeness (QED) is 0.701. The highest BCUT2D eigenvalue weighted by Crippen LogP contribution is 2.59. The molecule has 1 aliphatic carbocycles. The van der Waals surface area contributed by atoms with Crippen LogP contribution in [0.1, 0.15) is 26.7 Å². The molecule has 18 heavy (non-hydrogen) atoms.